The quantitative estimate of drug-likeness (QED) is 0.572. The highest BCUT2D eigenvalue weighted by Gasteiger charge is 2.19. The molecule has 0 bridgehead atoms. The lowest BCUT2D eigenvalue weighted by molar-refractivity contribution is 0.278. The second-order valence-electron chi connectivity index (χ2n) is 2.56. The fourth-order valence-electron chi connectivity index (χ4n) is 1.15. The third-order valence-electron chi connectivity index (χ3n) is 1.81. The molecule has 0 aliphatic carbocycles. The number of nitrogens with zero attached hydrogens (tertiary/aromatic N) is 1. The molecular weight excluding hydrogens is 146 g/mol. The van der Waals surface area contributed by atoms with Gasteiger partial charge in [-0.25, -0.2) is 4.98 Å². The fraction of sp³-hybridized carbons (Fsp3) is 0.571. The lowest BCUT2D eigenvalue weighted by Crippen LogP contribution is -2.10. The van der Waals surface area contributed by atoms with Crippen LogP contribution in [0.1, 0.15) is 25.0 Å². The maximum Gasteiger partial charge on any atom is 0.197 e. The average molecular weight is 155 g/mol. The molecule has 1 atom stereocenters. The summed E-state index contributed by atoms with van der Waals surface area (Å²) in [6.45, 7) is 3.05. The SMILES string of the molecule is C[C@@H]1CCOc2scnc21. The van der Waals surface area contributed by atoms with Gasteiger partial charge < -0.3 is 4.74 Å². The number of rotatable bonds is 0. The van der Waals surface area contributed by atoms with E-state index in [0.717, 1.165) is 23.8 Å². The number of hydrogen-bond acceptors (Lipinski definition) is 3. The predicted octanol–water partition coefficient (Wildman–Crippen LogP) is 2.03. The Kier molecular flexibility index (Phi) is 1.38. The van der Waals surface area contributed by atoms with Crippen molar-refractivity contribution >= 4 is 11.3 Å². The van der Waals surface area contributed by atoms with Gasteiger partial charge in [0.25, 0.3) is 0 Å². The zero-order valence-electron chi connectivity index (χ0n) is 5.83. The van der Waals surface area contributed by atoms with Gasteiger partial charge in [0, 0.05) is 5.92 Å². The Morgan fingerprint density at radius 3 is 3.50 bits per heavy atom. The second kappa shape index (κ2) is 2.23. The summed E-state index contributed by atoms with van der Waals surface area (Å²) in [7, 11) is 0. The summed E-state index contributed by atoms with van der Waals surface area (Å²) in [5, 5.41) is 1.03. The topological polar surface area (TPSA) is 22.1 Å². The zero-order valence-corrected chi connectivity index (χ0v) is 6.65. The summed E-state index contributed by atoms with van der Waals surface area (Å²) in [5.41, 5.74) is 3.00. The van der Waals surface area contributed by atoms with Crippen LogP contribution in [-0.4, -0.2) is 11.6 Å². The van der Waals surface area contributed by atoms with E-state index in [1.165, 1.54) is 0 Å². The molecule has 10 heavy (non-hydrogen) atoms. The summed E-state index contributed by atoms with van der Waals surface area (Å²) in [6.07, 6.45) is 1.11. The van der Waals surface area contributed by atoms with Gasteiger partial charge in [-0.3, -0.25) is 0 Å². The van der Waals surface area contributed by atoms with Crippen molar-refractivity contribution in [2.24, 2.45) is 0 Å². The van der Waals surface area contributed by atoms with Gasteiger partial charge in [0.1, 0.15) is 0 Å². The van der Waals surface area contributed by atoms with E-state index in [1.54, 1.807) is 11.3 Å². The van der Waals surface area contributed by atoms with Gasteiger partial charge in [0.05, 0.1) is 17.8 Å². The van der Waals surface area contributed by atoms with Gasteiger partial charge in [-0.2, -0.15) is 0 Å². The number of thiazole rings is 1. The van der Waals surface area contributed by atoms with Crippen LogP contribution in [0, 0.1) is 0 Å². The summed E-state index contributed by atoms with van der Waals surface area (Å²) in [6, 6.07) is 0. The predicted molar refractivity (Wildman–Crippen MR) is 40.6 cm³/mol. The molecule has 0 saturated carbocycles. The Morgan fingerprint density at radius 1 is 1.80 bits per heavy atom. The van der Waals surface area contributed by atoms with Crippen molar-refractivity contribution < 1.29 is 4.74 Å². The van der Waals surface area contributed by atoms with Crippen molar-refractivity contribution in [1.29, 1.82) is 0 Å². The molecule has 0 radical (unpaired) electrons. The smallest absolute Gasteiger partial charge is 0.197 e. The van der Waals surface area contributed by atoms with E-state index in [2.05, 4.69) is 11.9 Å². The number of fused-ring (bicyclic) bond motifs is 1. The molecule has 1 aromatic rings. The molecule has 54 valence electrons. The van der Waals surface area contributed by atoms with Crippen molar-refractivity contribution in [2.45, 2.75) is 19.3 Å². The minimum Gasteiger partial charge on any atom is -0.482 e. The van der Waals surface area contributed by atoms with Crippen LogP contribution in [0.3, 0.4) is 0 Å². The first-order valence-electron chi connectivity index (χ1n) is 3.44. The van der Waals surface area contributed by atoms with Crippen molar-refractivity contribution in [1.82, 2.24) is 4.98 Å². The van der Waals surface area contributed by atoms with Crippen LogP contribution in [0.4, 0.5) is 0 Å². The van der Waals surface area contributed by atoms with Crippen molar-refractivity contribution in [3.63, 3.8) is 0 Å². The summed E-state index contributed by atoms with van der Waals surface area (Å²) < 4.78 is 5.39. The van der Waals surface area contributed by atoms with Gasteiger partial charge in [0.2, 0.25) is 0 Å². The van der Waals surface area contributed by atoms with Crippen LogP contribution in [-0.2, 0) is 0 Å². The molecule has 1 aromatic heterocycles. The maximum atomic E-state index is 5.39. The first kappa shape index (κ1) is 6.16. The number of ether oxygens (including phenoxy) is 1. The summed E-state index contributed by atoms with van der Waals surface area (Å²) in [5.74, 6) is 0.593. The van der Waals surface area contributed by atoms with E-state index in [1.807, 2.05) is 5.51 Å². The zero-order chi connectivity index (χ0) is 6.97. The Labute approximate surface area is 63.9 Å². The fourth-order valence-corrected chi connectivity index (χ4v) is 1.93. The summed E-state index contributed by atoms with van der Waals surface area (Å²) in [4.78, 5) is 4.23. The van der Waals surface area contributed by atoms with Crippen molar-refractivity contribution in [3.05, 3.63) is 11.2 Å². The van der Waals surface area contributed by atoms with E-state index in [-0.39, 0.29) is 0 Å². The molecule has 0 fully saturated rings. The van der Waals surface area contributed by atoms with E-state index < -0.39 is 0 Å². The van der Waals surface area contributed by atoms with Crippen LogP contribution in [0.5, 0.6) is 5.06 Å². The number of aromatic nitrogens is 1. The molecule has 2 nitrogen and oxygen atoms in total. The molecule has 0 unspecified atom stereocenters. The van der Waals surface area contributed by atoms with Crippen molar-refractivity contribution in [2.75, 3.05) is 6.61 Å². The molecular formula is C7H9NOS. The molecule has 0 amide bonds. The van der Waals surface area contributed by atoms with Crippen LogP contribution in [0.2, 0.25) is 0 Å². The van der Waals surface area contributed by atoms with Gasteiger partial charge in [-0.05, 0) is 6.42 Å². The lowest BCUT2D eigenvalue weighted by atomic mass is 10.0. The standard InChI is InChI=1S/C7H9NOS/c1-5-2-3-9-7-6(5)8-4-10-7/h4-5H,2-3H2,1H3/t5-/m1/s1. The first-order valence-corrected chi connectivity index (χ1v) is 4.32. The van der Waals surface area contributed by atoms with E-state index >= 15 is 0 Å². The third kappa shape index (κ3) is 0.814. The van der Waals surface area contributed by atoms with Gasteiger partial charge >= 0.3 is 0 Å². The monoisotopic (exact) mass is 155 g/mol. The molecule has 3 heteroatoms. The van der Waals surface area contributed by atoms with Crippen LogP contribution < -0.4 is 4.74 Å². The largest absolute Gasteiger partial charge is 0.482 e. The molecule has 0 saturated heterocycles. The van der Waals surface area contributed by atoms with Gasteiger partial charge in [0.15, 0.2) is 5.06 Å². The maximum absolute atomic E-state index is 5.39. The number of hydrogen-bond donors (Lipinski definition) is 0. The Morgan fingerprint density at radius 2 is 2.70 bits per heavy atom. The minimum atomic E-state index is 0.593. The van der Waals surface area contributed by atoms with Crippen molar-refractivity contribution in [3.8, 4) is 5.06 Å². The molecule has 2 rings (SSSR count). The molecule has 2 heterocycles. The molecule has 1 aliphatic heterocycles. The highest BCUT2D eigenvalue weighted by Crippen LogP contribution is 2.34. The van der Waals surface area contributed by atoms with Gasteiger partial charge in [-0.1, -0.05) is 18.3 Å². The molecule has 1 aliphatic rings. The Balaban J connectivity index is 2.41. The van der Waals surface area contributed by atoms with Crippen LogP contribution in [0.15, 0.2) is 5.51 Å². The van der Waals surface area contributed by atoms with E-state index in [9.17, 15) is 0 Å². The third-order valence-corrected chi connectivity index (χ3v) is 2.56. The normalized spacial score (nSPS) is 23.5. The van der Waals surface area contributed by atoms with Gasteiger partial charge in [-0.15, -0.1) is 0 Å². The second-order valence-corrected chi connectivity index (χ2v) is 3.38. The highest BCUT2D eigenvalue weighted by atomic mass is 32.1. The van der Waals surface area contributed by atoms with Crippen LogP contribution >= 0.6 is 11.3 Å². The molecule has 0 aromatic carbocycles. The Hall–Kier alpha value is -0.570. The summed E-state index contributed by atoms with van der Waals surface area (Å²) >= 11 is 1.60. The molecule has 0 N–H and O–H groups in total. The van der Waals surface area contributed by atoms with E-state index in [0.29, 0.717) is 5.92 Å². The average Bonchev–Trinajstić information content (AvgIpc) is 2.36. The van der Waals surface area contributed by atoms with E-state index in [4.69, 9.17) is 4.74 Å². The first-order chi connectivity index (χ1) is 4.88. The highest BCUT2D eigenvalue weighted by molar-refractivity contribution is 7.11. The minimum absolute atomic E-state index is 0.593. The van der Waals surface area contributed by atoms with Crippen LogP contribution in [0.25, 0.3) is 0 Å². The Bertz CT molecular complexity index is 233. The lowest BCUT2D eigenvalue weighted by Gasteiger charge is -2.17. The molecule has 0 spiro atoms.